The van der Waals surface area contributed by atoms with Crippen LogP contribution in [0.5, 0.6) is 0 Å². The lowest BCUT2D eigenvalue weighted by Gasteiger charge is -2.05. The van der Waals surface area contributed by atoms with Crippen molar-refractivity contribution in [2.75, 3.05) is 6.61 Å². The summed E-state index contributed by atoms with van der Waals surface area (Å²) in [7, 11) is 0. The van der Waals surface area contributed by atoms with Gasteiger partial charge in [0.05, 0.1) is 25.3 Å². The Balaban J connectivity index is 2.28. The molecule has 0 saturated carbocycles. The van der Waals surface area contributed by atoms with Crippen LogP contribution in [0.1, 0.15) is 0 Å². The molecule has 0 aliphatic carbocycles. The number of hydrogen-bond donors (Lipinski definition) is 2. The molecule has 6 heteroatoms. The highest BCUT2D eigenvalue weighted by Gasteiger charge is 2.11. The number of aliphatic hydroxyl groups is 2. The Morgan fingerprint density at radius 1 is 1.33 bits per heavy atom. The van der Waals surface area contributed by atoms with Gasteiger partial charge >= 0.3 is 0 Å². The fraction of sp³-hybridized carbons (Fsp3) is 0.250. The van der Waals surface area contributed by atoms with Gasteiger partial charge < -0.3 is 14.7 Å². The van der Waals surface area contributed by atoms with Crippen molar-refractivity contribution in [1.82, 2.24) is 4.74 Å². The second-order valence-corrected chi connectivity index (χ2v) is 4.28. The van der Waals surface area contributed by atoms with Crippen molar-refractivity contribution in [3.05, 3.63) is 45.7 Å². The molecular formula is C12H12ClNO4. The normalized spacial score (nSPS) is 12.6. The largest absolute Gasteiger partial charge is 0.394 e. The van der Waals surface area contributed by atoms with Crippen molar-refractivity contribution < 1.29 is 14.7 Å². The average Bonchev–Trinajstić information content (AvgIpc) is 2.71. The van der Waals surface area contributed by atoms with Crippen LogP contribution in [0.25, 0.3) is 11.3 Å². The van der Waals surface area contributed by atoms with Gasteiger partial charge in [0.25, 0.3) is 5.56 Å². The summed E-state index contributed by atoms with van der Waals surface area (Å²) in [6, 6.07) is 8.17. The number of aliphatic hydroxyl groups excluding tert-OH is 2. The predicted octanol–water partition coefficient (Wildman–Crippen LogP) is 1.11. The minimum atomic E-state index is -1.02. The number of aromatic nitrogens is 1. The molecule has 2 rings (SSSR count). The van der Waals surface area contributed by atoms with E-state index in [1.807, 2.05) is 0 Å². The van der Waals surface area contributed by atoms with Crippen LogP contribution in [0.15, 0.2) is 39.6 Å². The van der Waals surface area contributed by atoms with Crippen LogP contribution in [0.3, 0.4) is 0 Å². The fourth-order valence-electron chi connectivity index (χ4n) is 1.50. The fourth-order valence-corrected chi connectivity index (χ4v) is 1.63. The monoisotopic (exact) mass is 269 g/mol. The molecular weight excluding hydrogens is 258 g/mol. The maximum Gasteiger partial charge on any atom is 0.283 e. The molecule has 0 saturated heterocycles. The number of rotatable bonds is 4. The minimum absolute atomic E-state index is 0.0804. The van der Waals surface area contributed by atoms with Gasteiger partial charge in [0.1, 0.15) is 0 Å². The van der Waals surface area contributed by atoms with Crippen LogP contribution in [-0.4, -0.2) is 27.7 Å². The summed E-state index contributed by atoms with van der Waals surface area (Å²) < 4.78 is 6.31. The van der Waals surface area contributed by atoms with Crippen molar-refractivity contribution in [3.8, 4) is 11.3 Å². The number of hydrogen-bond acceptors (Lipinski definition) is 4. The van der Waals surface area contributed by atoms with Crippen LogP contribution < -0.4 is 5.56 Å². The molecule has 2 N–H and O–H groups in total. The molecule has 0 spiro atoms. The van der Waals surface area contributed by atoms with Crippen LogP contribution in [0, 0.1) is 0 Å². The molecule has 1 heterocycles. The first-order valence-corrected chi connectivity index (χ1v) is 5.74. The topological polar surface area (TPSA) is 75.6 Å². The SMILES string of the molecule is O=c1cc(-c2ccc(Cl)cc2)on1CC(O)CO. The highest BCUT2D eigenvalue weighted by atomic mass is 35.5. The minimum Gasteiger partial charge on any atom is -0.394 e. The molecule has 2 aromatic rings. The van der Waals surface area contributed by atoms with E-state index in [2.05, 4.69) is 0 Å². The molecule has 1 aromatic heterocycles. The van der Waals surface area contributed by atoms with E-state index in [0.717, 1.165) is 4.74 Å². The van der Waals surface area contributed by atoms with Gasteiger partial charge in [-0.25, -0.2) is 0 Å². The molecule has 96 valence electrons. The van der Waals surface area contributed by atoms with E-state index in [9.17, 15) is 9.90 Å². The van der Waals surface area contributed by atoms with Crippen molar-refractivity contribution in [2.24, 2.45) is 0 Å². The van der Waals surface area contributed by atoms with Crippen molar-refractivity contribution in [3.63, 3.8) is 0 Å². The summed E-state index contributed by atoms with van der Waals surface area (Å²) in [4.78, 5) is 11.6. The number of benzene rings is 1. The third-order valence-electron chi connectivity index (χ3n) is 2.42. The lowest BCUT2D eigenvalue weighted by Crippen LogP contribution is -2.25. The summed E-state index contributed by atoms with van der Waals surface area (Å²) in [6.45, 7) is -0.508. The second kappa shape index (κ2) is 5.39. The van der Waals surface area contributed by atoms with Crippen LogP contribution in [0.2, 0.25) is 5.02 Å². The van der Waals surface area contributed by atoms with E-state index in [1.165, 1.54) is 6.07 Å². The second-order valence-electron chi connectivity index (χ2n) is 3.84. The molecule has 0 fully saturated rings. The van der Waals surface area contributed by atoms with Crippen LogP contribution in [0.4, 0.5) is 0 Å². The molecule has 0 aliphatic rings. The van der Waals surface area contributed by atoms with Gasteiger partial charge in [-0.1, -0.05) is 11.6 Å². The molecule has 0 bridgehead atoms. The highest BCUT2D eigenvalue weighted by Crippen LogP contribution is 2.20. The van der Waals surface area contributed by atoms with E-state index in [4.69, 9.17) is 21.2 Å². The van der Waals surface area contributed by atoms with Crippen molar-refractivity contribution in [1.29, 1.82) is 0 Å². The Kier molecular flexibility index (Phi) is 3.86. The Hall–Kier alpha value is -1.56. The first kappa shape index (κ1) is 12.9. The van der Waals surface area contributed by atoms with E-state index >= 15 is 0 Å². The molecule has 18 heavy (non-hydrogen) atoms. The lowest BCUT2D eigenvalue weighted by molar-refractivity contribution is 0.0578. The lowest BCUT2D eigenvalue weighted by atomic mass is 10.2. The zero-order valence-electron chi connectivity index (χ0n) is 9.41. The standard InChI is InChI=1S/C12H12ClNO4/c13-9-3-1-8(2-4-9)11-5-12(17)14(18-11)6-10(16)7-15/h1-5,10,15-16H,6-7H2. The molecule has 1 atom stereocenters. The zero-order chi connectivity index (χ0) is 13.1. The first-order chi connectivity index (χ1) is 8.60. The molecule has 1 unspecified atom stereocenters. The summed E-state index contributed by atoms with van der Waals surface area (Å²) in [5, 5.41) is 18.6. The van der Waals surface area contributed by atoms with Gasteiger partial charge in [0, 0.05) is 10.6 Å². The Labute approximate surface area is 108 Å². The van der Waals surface area contributed by atoms with Gasteiger partial charge in [-0.15, -0.1) is 0 Å². The third-order valence-corrected chi connectivity index (χ3v) is 2.68. The third kappa shape index (κ3) is 2.81. The first-order valence-electron chi connectivity index (χ1n) is 5.36. The molecule has 5 nitrogen and oxygen atoms in total. The summed E-state index contributed by atoms with van der Waals surface area (Å²) in [5.74, 6) is 0.391. The van der Waals surface area contributed by atoms with E-state index in [1.54, 1.807) is 24.3 Å². The Morgan fingerprint density at radius 2 is 2.00 bits per heavy atom. The quantitative estimate of drug-likeness (QED) is 0.872. The van der Waals surface area contributed by atoms with Crippen molar-refractivity contribution in [2.45, 2.75) is 12.6 Å². The van der Waals surface area contributed by atoms with E-state index in [-0.39, 0.29) is 12.1 Å². The summed E-state index contributed by atoms with van der Waals surface area (Å²) >= 11 is 5.76. The zero-order valence-corrected chi connectivity index (χ0v) is 10.2. The molecule has 1 aromatic carbocycles. The number of halogens is 1. The van der Waals surface area contributed by atoms with Gasteiger partial charge in [0.15, 0.2) is 5.76 Å². The van der Waals surface area contributed by atoms with Gasteiger partial charge in [-0.3, -0.25) is 4.79 Å². The Bertz CT molecular complexity index is 573. The van der Waals surface area contributed by atoms with Gasteiger partial charge in [-0.2, -0.15) is 4.74 Å². The summed E-state index contributed by atoms with van der Waals surface area (Å²) in [6.07, 6.45) is -1.02. The smallest absolute Gasteiger partial charge is 0.283 e. The molecule has 0 amide bonds. The van der Waals surface area contributed by atoms with Crippen molar-refractivity contribution >= 4 is 11.6 Å². The Morgan fingerprint density at radius 3 is 2.61 bits per heavy atom. The molecule has 0 radical (unpaired) electrons. The van der Waals surface area contributed by atoms with Crippen LogP contribution >= 0.6 is 11.6 Å². The molecule has 0 aliphatic heterocycles. The van der Waals surface area contributed by atoms with Gasteiger partial charge in [0.2, 0.25) is 0 Å². The highest BCUT2D eigenvalue weighted by molar-refractivity contribution is 6.30. The van der Waals surface area contributed by atoms with E-state index < -0.39 is 12.7 Å². The van der Waals surface area contributed by atoms with Crippen LogP contribution in [-0.2, 0) is 6.54 Å². The summed E-state index contributed by atoms with van der Waals surface area (Å²) in [5.41, 5.74) is 0.348. The van der Waals surface area contributed by atoms with E-state index in [0.29, 0.717) is 16.3 Å². The predicted molar refractivity (Wildman–Crippen MR) is 66.5 cm³/mol. The average molecular weight is 270 g/mol. The maximum atomic E-state index is 11.6. The number of nitrogens with zero attached hydrogens (tertiary/aromatic N) is 1. The van der Waals surface area contributed by atoms with Gasteiger partial charge in [-0.05, 0) is 24.3 Å². The maximum absolute atomic E-state index is 11.6.